The zero-order valence-electron chi connectivity index (χ0n) is 17.0. The Bertz CT molecular complexity index is 836. The summed E-state index contributed by atoms with van der Waals surface area (Å²) in [4.78, 5) is 22.0. The van der Waals surface area contributed by atoms with Crippen molar-refractivity contribution in [2.75, 3.05) is 53.0 Å². The SMILES string of the molecule is COc1cccc(-c2cccc([C@@H]3CCCN(C(=O)CN4CCOCC4)C3)n2)c1. The number of ether oxygens (including phenoxy) is 2. The van der Waals surface area contributed by atoms with Gasteiger partial charge in [-0.25, -0.2) is 0 Å². The lowest BCUT2D eigenvalue weighted by molar-refractivity contribution is -0.134. The van der Waals surface area contributed by atoms with E-state index in [0.29, 0.717) is 6.54 Å². The van der Waals surface area contributed by atoms with Crippen molar-refractivity contribution >= 4 is 5.91 Å². The molecular weight excluding hydrogens is 366 g/mol. The van der Waals surface area contributed by atoms with E-state index in [4.69, 9.17) is 14.5 Å². The first-order valence-electron chi connectivity index (χ1n) is 10.4. The predicted molar refractivity (Wildman–Crippen MR) is 112 cm³/mol. The van der Waals surface area contributed by atoms with Crippen molar-refractivity contribution in [3.8, 4) is 17.0 Å². The average Bonchev–Trinajstić information content (AvgIpc) is 2.80. The largest absolute Gasteiger partial charge is 0.497 e. The van der Waals surface area contributed by atoms with Gasteiger partial charge in [-0.2, -0.15) is 0 Å². The molecule has 29 heavy (non-hydrogen) atoms. The van der Waals surface area contributed by atoms with E-state index in [0.717, 1.165) is 74.9 Å². The zero-order valence-corrected chi connectivity index (χ0v) is 17.0. The Morgan fingerprint density at radius 2 is 2.00 bits per heavy atom. The van der Waals surface area contributed by atoms with E-state index in [1.807, 2.05) is 35.2 Å². The number of methoxy groups -OCH3 is 1. The fourth-order valence-corrected chi connectivity index (χ4v) is 4.12. The van der Waals surface area contributed by atoms with Gasteiger partial charge in [0.2, 0.25) is 5.91 Å². The van der Waals surface area contributed by atoms with Gasteiger partial charge in [-0.1, -0.05) is 18.2 Å². The molecule has 6 nitrogen and oxygen atoms in total. The highest BCUT2D eigenvalue weighted by atomic mass is 16.5. The van der Waals surface area contributed by atoms with Gasteiger partial charge in [0.1, 0.15) is 5.75 Å². The summed E-state index contributed by atoms with van der Waals surface area (Å²) >= 11 is 0. The molecule has 2 aliphatic heterocycles. The van der Waals surface area contributed by atoms with Crippen molar-refractivity contribution < 1.29 is 14.3 Å². The molecule has 154 valence electrons. The second-order valence-corrected chi connectivity index (χ2v) is 7.75. The molecule has 6 heteroatoms. The molecule has 1 atom stereocenters. The molecule has 2 aromatic rings. The van der Waals surface area contributed by atoms with Crippen LogP contribution in [-0.2, 0) is 9.53 Å². The van der Waals surface area contributed by atoms with Crippen molar-refractivity contribution in [2.45, 2.75) is 18.8 Å². The van der Waals surface area contributed by atoms with E-state index in [1.165, 1.54) is 0 Å². The number of rotatable bonds is 5. The minimum Gasteiger partial charge on any atom is -0.497 e. The number of amides is 1. The zero-order chi connectivity index (χ0) is 20.1. The molecule has 0 N–H and O–H groups in total. The highest BCUT2D eigenvalue weighted by Crippen LogP contribution is 2.28. The van der Waals surface area contributed by atoms with Gasteiger partial charge in [0.25, 0.3) is 0 Å². The monoisotopic (exact) mass is 395 g/mol. The summed E-state index contributed by atoms with van der Waals surface area (Å²) in [6.45, 7) is 5.20. The maximum absolute atomic E-state index is 12.8. The van der Waals surface area contributed by atoms with Crippen LogP contribution in [0.25, 0.3) is 11.3 Å². The van der Waals surface area contributed by atoms with Crippen LogP contribution in [0.4, 0.5) is 0 Å². The van der Waals surface area contributed by atoms with Crippen LogP contribution in [0.1, 0.15) is 24.5 Å². The summed E-state index contributed by atoms with van der Waals surface area (Å²) in [6, 6.07) is 14.2. The predicted octanol–water partition coefficient (Wildman–Crippen LogP) is 2.80. The quantitative estimate of drug-likeness (QED) is 0.779. The van der Waals surface area contributed by atoms with Crippen LogP contribution in [0.2, 0.25) is 0 Å². The Hall–Kier alpha value is -2.44. The molecule has 1 amide bonds. The summed E-state index contributed by atoms with van der Waals surface area (Å²) < 4.78 is 10.7. The average molecular weight is 396 g/mol. The minimum atomic E-state index is 0.223. The van der Waals surface area contributed by atoms with E-state index in [-0.39, 0.29) is 11.8 Å². The molecule has 0 radical (unpaired) electrons. The standard InChI is InChI=1S/C23H29N3O3/c1-28-20-7-2-5-18(15-20)21-8-3-9-22(24-21)19-6-4-10-26(16-19)23(27)17-25-11-13-29-14-12-25/h2-3,5,7-9,15,19H,4,6,10-14,16-17H2,1H3/t19-/m1/s1. The number of nitrogens with zero attached hydrogens (tertiary/aromatic N) is 3. The fraction of sp³-hybridized carbons (Fsp3) is 0.478. The molecule has 4 rings (SSSR count). The Balaban J connectivity index is 1.44. The van der Waals surface area contributed by atoms with E-state index >= 15 is 0 Å². The molecular formula is C23H29N3O3. The number of carbonyl (C=O) groups is 1. The first-order valence-corrected chi connectivity index (χ1v) is 10.4. The molecule has 1 aromatic heterocycles. The maximum atomic E-state index is 12.8. The van der Waals surface area contributed by atoms with Crippen molar-refractivity contribution in [2.24, 2.45) is 0 Å². The van der Waals surface area contributed by atoms with Crippen molar-refractivity contribution in [3.05, 3.63) is 48.2 Å². The highest BCUT2D eigenvalue weighted by Gasteiger charge is 2.27. The second kappa shape index (κ2) is 9.37. The summed E-state index contributed by atoms with van der Waals surface area (Å²) in [5.74, 6) is 1.33. The van der Waals surface area contributed by atoms with Crippen LogP contribution in [0.5, 0.6) is 5.75 Å². The van der Waals surface area contributed by atoms with E-state index in [2.05, 4.69) is 17.0 Å². The van der Waals surface area contributed by atoms with E-state index < -0.39 is 0 Å². The molecule has 0 saturated carbocycles. The number of hydrogen-bond acceptors (Lipinski definition) is 5. The molecule has 2 fully saturated rings. The summed E-state index contributed by atoms with van der Waals surface area (Å²) in [5, 5.41) is 0. The number of pyridine rings is 1. The van der Waals surface area contributed by atoms with Crippen LogP contribution >= 0.6 is 0 Å². The molecule has 0 aliphatic carbocycles. The van der Waals surface area contributed by atoms with Crippen LogP contribution in [0.3, 0.4) is 0 Å². The fourth-order valence-electron chi connectivity index (χ4n) is 4.12. The number of morpholine rings is 1. The van der Waals surface area contributed by atoms with E-state index in [1.54, 1.807) is 7.11 Å². The van der Waals surface area contributed by atoms with Gasteiger partial charge < -0.3 is 14.4 Å². The maximum Gasteiger partial charge on any atom is 0.236 e. The highest BCUT2D eigenvalue weighted by molar-refractivity contribution is 5.78. The van der Waals surface area contributed by atoms with Crippen LogP contribution in [0.15, 0.2) is 42.5 Å². The summed E-state index contributed by atoms with van der Waals surface area (Å²) in [7, 11) is 1.67. The van der Waals surface area contributed by atoms with Crippen LogP contribution in [-0.4, -0.2) is 73.7 Å². The molecule has 3 heterocycles. The number of aromatic nitrogens is 1. The van der Waals surface area contributed by atoms with Crippen LogP contribution < -0.4 is 4.74 Å². The number of hydrogen-bond donors (Lipinski definition) is 0. The number of benzene rings is 1. The third kappa shape index (κ3) is 4.95. The van der Waals surface area contributed by atoms with Gasteiger partial charge in [-0.3, -0.25) is 14.7 Å². The topological polar surface area (TPSA) is 54.9 Å². The third-order valence-electron chi connectivity index (χ3n) is 5.79. The molecule has 0 spiro atoms. The Kier molecular flexibility index (Phi) is 6.42. The molecule has 0 bridgehead atoms. The first kappa shape index (κ1) is 19.9. The normalized spacial score (nSPS) is 20.4. The number of carbonyl (C=O) groups excluding carboxylic acids is 1. The van der Waals surface area contributed by atoms with Gasteiger partial charge in [0.15, 0.2) is 0 Å². The van der Waals surface area contributed by atoms with Crippen molar-refractivity contribution in [1.29, 1.82) is 0 Å². The smallest absolute Gasteiger partial charge is 0.236 e. The lowest BCUT2D eigenvalue weighted by atomic mass is 9.93. The van der Waals surface area contributed by atoms with Gasteiger partial charge in [-0.15, -0.1) is 0 Å². The summed E-state index contributed by atoms with van der Waals surface area (Å²) in [5.41, 5.74) is 3.05. The third-order valence-corrected chi connectivity index (χ3v) is 5.79. The van der Waals surface area contributed by atoms with Crippen molar-refractivity contribution in [1.82, 2.24) is 14.8 Å². The van der Waals surface area contributed by atoms with E-state index in [9.17, 15) is 4.79 Å². The number of likely N-dealkylation sites (tertiary alicyclic amines) is 1. The number of piperidine rings is 1. The Labute approximate surface area is 172 Å². The summed E-state index contributed by atoms with van der Waals surface area (Å²) in [6.07, 6.45) is 2.08. The minimum absolute atomic E-state index is 0.223. The van der Waals surface area contributed by atoms with Gasteiger partial charge in [-0.05, 0) is 37.1 Å². The van der Waals surface area contributed by atoms with Gasteiger partial charge >= 0.3 is 0 Å². The lowest BCUT2D eigenvalue weighted by Gasteiger charge is -2.35. The molecule has 1 aromatic carbocycles. The van der Waals surface area contributed by atoms with Gasteiger partial charge in [0.05, 0.1) is 32.6 Å². The first-order chi connectivity index (χ1) is 14.2. The Morgan fingerprint density at radius 3 is 2.83 bits per heavy atom. The second-order valence-electron chi connectivity index (χ2n) is 7.75. The molecule has 2 saturated heterocycles. The van der Waals surface area contributed by atoms with Crippen LogP contribution in [0, 0.1) is 0 Å². The van der Waals surface area contributed by atoms with Crippen molar-refractivity contribution in [3.63, 3.8) is 0 Å². The van der Waals surface area contributed by atoms with Gasteiger partial charge in [0, 0.05) is 43.4 Å². The Morgan fingerprint density at radius 1 is 1.17 bits per heavy atom. The molecule has 0 unspecified atom stereocenters. The molecule has 2 aliphatic rings. The lowest BCUT2D eigenvalue weighted by Crippen LogP contribution is -2.47.